The molecule has 0 radical (unpaired) electrons. The van der Waals surface area contributed by atoms with Gasteiger partial charge in [0.2, 0.25) is 0 Å². The van der Waals surface area contributed by atoms with E-state index in [9.17, 15) is 4.79 Å². The number of nitrogens with zero attached hydrogens (tertiary/aromatic N) is 2. The predicted molar refractivity (Wildman–Crippen MR) is 89.7 cm³/mol. The lowest BCUT2D eigenvalue weighted by molar-refractivity contribution is 0.0916. The monoisotopic (exact) mass is 314 g/mol. The van der Waals surface area contributed by atoms with Crippen LogP contribution in [0.3, 0.4) is 0 Å². The van der Waals surface area contributed by atoms with E-state index < -0.39 is 0 Å². The van der Waals surface area contributed by atoms with Crippen molar-refractivity contribution in [2.75, 3.05) is 11.9 Å². The third-order valence-electron chi connectivity index (χ3n) is 3.70. The van der Waals surface area contributed by atoms with Crippen molar-refractivity contribution >= 4 is 17.4 Å². The molecule has 2 aromatic rings. The van der Waals surface area contributed by atoms with Crippen LogP contribution in [0.1, 0.15) is 29.9 Å². The zero-order valence-corrected chi connectivity index (χ0v) is 13.6. The Kier molecular flexibility index (Phi) is 5.65. The van der Waals surface area contributed by atoms with Crippen LogP contribution < -0.4 is 10.6 Å². The molecule has 0 aliphatic heterocycles. The first-order valence-corrected chi connectivity index (χ1v) is 7.58. The summed E-state index contributed by atoms with van der Waals surface area (Å²) in [5.41, 5.74) is 2.15. The molecule has 6 nitrogen and oxygen atoms in total. The Hall–Kier alpha value is -2.47. The van der Waals surface area contributed by atoms with Gasteiger partial charge < -0.3 is 15.7 Å². The lowest BCUT2D eigenvalue weighted by Gasteiger charge is -2.19. The Morgan fingerprint density at radius 3 is 2.65 bits per heavy atom. The molecule has 1 aromatic heterocycles. The van der Waals surface area contributed by atoms with Crippen LogP contribution in [0, 0.1) is 12.8 Å². The highest BCUT2D eigenvalue weighted by atomic mass is 16.3. The van der Waals surface area contributed by atoms with Crippen molar-refractivity contribution in [3.63, 3.8) is 0 Å². The lowest BCUT2D eigenvalue weighted by Crippen LogP contribution is -2.38. The van der Waals surface area contributed by atoms with E-state index in [1.807, 2.05) is 39.0 Å². The molecule has 2 unspecified atom stereocenters. The van der Waals surface area contributed by atoms with Crippen molar-refractivity contribution in [2.24, 2.45) is 5.92 Å². The Morgan fingerprint density at radius 2 is 2.00 bits per heavy atom. The SMILES string of the molecule is Cc1ccc(Nc2cccc(C(=O)NC(C)C(C)CO)c2)nn1. The average Bonchev–Trinajstić information content (AvgIpc) is 2.56. The molecule has 2 atom stereocenters. The lowest BCUT2D eigenvalue weighted by atomic mass is 10.0. The zero-order chi connectivity index (χ0) is 16.8. The zero-order valence-electron chi connectivity index (χ0n) is 13.6. The number of carbonyl (C=O) groups excluding carboxylic acids is 1. The smallest absolute Gasteiger partial charge is 0.251 e. The summed E-state index contributed by atoms with van der Waals surface area (Å²) in [6.07, 6.45) is 0. The molecule has 1 heterocycles. The van der Waals surface area contributed by atoms with Gasteiger partial charge in [0.25, 0.3) is 5.91 Å². The number of aliphatic hydroxyl groups excluding tert-OH is 1. The number of hydrogen-bond donors (Lipinski definition) is 3. The first-order valence-electron chi connectivity index (χ1n) is 7.58. The Labute approximate surface area is 136 Å². The number of aliphatic hydroxyl groups is 1. The van der Waals surface area contributed by atoms with Gasteiger partial charge in [0.15, 0.2) is 5.82 Å². The van der Waals surface area contributed by atoms with Crippen LogP contribution in [0.5, 0.6) is 0 Å². The van der Waals surface area contributed by atoms with E-state index in [1.165, 1.54) is 0 Å². The highest BCUT2D eigenvalue weighted by Gasteiger charge is 2.15. The van der Waals surface area contributed by atoms with E-state index in [0.717, 1.165) is 11.4 Å². The summed E-state index contributed by atoms with van der Waals surface area (Å²) in [4.78, 5) is 12.3. The molecule has 0 saturated carbocycles. The van der Waals surface area contributed by atoms with Gasteiger partial charge in [-0.25, -0.2) is 0 Å². The standard InChI is InChI=1S/C17H22N4O2/c1-11(10-22)13(3)18-17(23)14-5-4-6-15(9-14)19-16-8-7-12(2)20-21-16/h4-9,11,13,22H,10H2,1-3H3,(H,18,23)(H,19,21). The second-order valence-corrected chi connectivity index (χ2v) is 5.69. The topological polar surface area (TPSA) is 87.1 Å². The second kappa shape index (κ2) is 7.69. The van der Waals surface area contributed by atoms with Crippen LogP contribution in [-0.4, -0.2) is 33.9 Å². The molecule has 0 aliphatic carbocycles. The number of amides is 1. The summed E-state index contributed by atoms with van der Waals surface area (Å²) >= 11 is 0. The number of carbonyl (C=O) groups is 1. The van der Waals surface area contributed by atoms with Crippen LogP contribution >= 0.6 is 0 Å². The van der Waals surface area contributed by atoms with Crippen LogP contribution in [-0.2, 0) is 0 Å². The summed E-state index contributed by atoms with van der Waals surface area (Å²) in [5.74, 6) is 0.454. The normalized spacial score (nSPS) is 13.2. The molecule has 1 amide bonds. The minimum absolute atomic E-state index is 0.00286. The Balaban J connectivity index is 2.07. The van der Waals surface area contributed by atoms with Gasteiger partial charge in [0.1, 0.15) is 0 Å². The predicted octanol–water partition coefficient (Wildman–Crippen LogP) is 2.28. The largest absolute Gasteiger partial charge is 0.396 e. The molecule has 0 aliphatic rings. The fourth-order valence-corrected chi connectivity index (χ4v) is 1.94. The first kappa shape index (κ1) is 16.9. The third kappa shape index (κ3) is 4.75. The maximum absolute atomic E-state index is 12.3. The Morgan fingerprint density at radius 1 is 1.22 bits per heavy atom. The van der Waals surface area contributed by atoms with Gasteiger partial charge in [-0.15, -0.1) is 5.10 Å². The molecule has 0 saturated heterocycles. The highest BCUT2D eigenvalue weighted by Crippen LogP contribution is 2.16. The van der Waals surface area contributed by atoms with Gasteiger partial charge in [0.05, 0.1) is 5.69 Å². The van der Waals surface area contributed by atoms with Crippen molar-refractivity contribution in [2.45, 2.75) is 26.8 Å². The minimum atomic E-state index is -0.170. The van der Waals surface area contributed by atoms with E-state index in [4.69, 9.17) is 5.11 Å². The average molecular weight is 314 g/mol. The summed E-state index contributed by atoms with van der Waals surface area (Å²) in [6, 6.07) is 10.8. The van der Waals surface area contributed by atoms with Gasteiger partial charge in [-0.3, -0.25) is 4.79 Å². The van der Waals surface area contributed by atoms with E-state index in [1.54, 1.807) is 18.2 Å². The Bertz CT molecular complexity index is 658. The molecule has 0 fully saturated rings. The van der Waals surface area contributed by atoms with Gasteiger partial charge >= 0.3 is 0 Å². The van der Waals surface area contributed by atoms with Crippen molar-refractivity contribution in [1.29, 1.82) is 0 Å². The van der Waals surface area contributed by atoms with Crippen LogP contribution in [0.4, 0.5) is 11.5 Å². The minimum Gasteiger partial charge on any atom is -0.396 e. The summed E-state index contributed by atoms with van der Waals surface area (Å²) < 4.78 is 0. The summed E-state index contributed by atoms with van der Waals surface area (Å²) in [7, 11) is 0. The molecule has 1 aromatic carbocycles. The van der Waals surface area contributed by atoms with Gasteiger partial charge in [-0.05, 0) is 50.1 Å². The first-order chi connectivity index (χ1) is 11.0. The van der Waals surface area contributed by atoms with E-state index in [2.05, 4.69) is 20.8 Å². The fourth-order valence-electron chi connectivity index (χ4n) is 1.94. The second-order valence-electron chi connectivity index (χ2n) is 5.69. The molecule has 23 heavy (non-hydrogen) atoms. The van der Waals surface area contributed by atoms with Crippen LogP contribution in [0.25, 0.3) is 0 Å². The summed E-state index contributed by atoms with van der Waals surface area (Å²) in [6.45, 7) is 5.67. The highest BCUT2D eigenvalue weighted by molar-refractivity contribution is 5.95. The third-order valence-corrected chi connectivity index (χ3v) is 3.70. The van der Waals surface area contributed by atoms with E-state index in [0.29, 0.717) is 11.4 Å². The van der Waals surface area contributed by atoms with Crippen molar-refractivity contribution in [1.82, 2.24) is 15.5 Å². The van der Waals surface area contributed by atoms with Gasteiger partial charge in [0, 0.05) is 23.9 Å². The summed E-state index contributed by atoms with van der Waals surface area (Å²) in [5, 5.41) is 23.2. The molecular weight excluding hydrogens is 292 g/mol. The number of nitrogens with one attached hydrogen (secondary N) is 2. The van der Waals surface area contributed by atoms with Crippen molar-refractivity contribution in [3.8, 4) is 0 Å². The quantitative estimate of drug-likeness (QED) is 0.761. The van der Waals surface area contributed by atoms with E-state index >= 15 is 0 Å². The van der Waals surface area contributed by atoms with Gasteiger partial charge in [-0.2, -0.15) is 5.10 Å². The van der Waals surface area contributed by atoms with Crippen LogP contribution in [0.2, 0.25) is 0 Å². The molecular formula is C17H22N4O2. The molecule has 0 bridgehead atoms. The number of hydrogen-bond acceptors (Lipinski definition) is 5. The molecule has 3 N–H and O–H groups in total. The number of anilines is 2. The molecule has 0 spiro atoms. The maximum atomic E-state index is 12.3. The number of aryl methyl sites for hydroxylation is 1. The number of aromatic nitrogens is 2. The molecule has 122 valence electrons. The molecule has 6 heteroatoms. The maximum Gasteiger partial charge on any atom is 0.251 e. The van der Waals surface area contributed by atoms with Gasteiger partial charge in [-0.1, -0.05) is 13.0 Å². The number of benzene rings is 1. The van der Waals surface area contributed by atoms with Crippen molar-refractivity contribution < 1.29 is 9.90 Å². The van der Waals surface area contributed by atoms with Crippen molar-refractivity contribution in [3.05, 3.63) is 47.7 Å². The number of rotatable bonds is 6. The van der Waals surface area contributed by atoms with E-state index in [-0.39, 0.29) is 24.5 Å². The van der Waals surface area contributed by atoms with Crippen LogP contribution in [0.15, 0.2) is 36.4 Å². The fraction of sp³-hybridized carbons (Fsp3) is 0.353. The molecule has 2 rings (SSSR count).